The molecule has 0 saturated heterocycles. The van der Waals surface area contributed by atoms with Gasteiger partial charge in [-0.3, -0.25) is 4.79 Å². The van der Waals surface area contributed by atoms with Gasteiger partial charge in [0.25, 0.3) is 0 Å². The molecule has 1 aromatic rings. The van der Waals surface area contributed by atoms with Gasteiger partial charge in [-0.05, 0) is 36.3 Å². The lowest BCUT2D eigenvalue weighted by molar-refractivity contribution is -0.141. The van der Waals surface area contributed by atoms with E-state index in [1.165, 1.54) is 44.1 Å². The lowest BCUT2D eigenvalue weighted by atomic mass is 9.89. The normalized spacial score (nSPS) is 18.8. The summed E-state index contributed by atoms with van der Waals surface area (Å²) in [7, 11) is 0. The van der Waals surface area contributed by atoms with Crippen LogP contribution in [0.25, 0.3) is 0 Å². The van der Waals surface area contributed by atoms with Crippen LogP contribution < -0.4 is 0 Å². The maximum Gasteiger partial charge on any atom is 0.306 e. The monoisotopic (exact) mass is 260 g/mol. The third-order valence-electron chi connectivity index (χ3n) is 4.24. The Morgan fingerprint density at radius 1 is 1.26 bits per heavy atom. The van der Waals surface area contributed by atoms with Crippen LogP contribution in [0.2, 0.25) is 0 Å². The fraction of sp³-hybridized carbons (Fsp3) is 0.588. The molecule has 1 atom stereocenters. The summed E-state index contributed by atoms with van der Waals surface area (Å²) in [6.45, 7) is 1.78. The molecular weight excluding hydrogens is 236 g/mol. The van der Waals surface area contributed by atoms with Crippen LogP contribution >= 0.6 is 0 Å². The molecule has 2 rings (SSSR count). The van der Waals surface area contributed by atoms with Gasteiger partial charge in [-0.1, -0.05) is 56.9 Å². The fourth-order valence-electron chi connectivity index (χ4n) is 3.03. The molecule has 0 spiro atoms. The number of benzene rings is 1. The van der Waals surface area contributed by atoms with Crippen LogP contribution in [0.1, 0.15) is 62.5 Å². The van der Waals surface area contributed by atoms with Crippen LogP contribution in [0, 0.1) is 5.92 Å². The number of carbonyl (C=O) groups is 1. The van der Waals surface area contributed by atoms with Crippen LogP contribution in [0.4, 0.5) is 0 Å². The van der Waals surface area contributed by atoms with Crippen molar-refractivity contribution in [1.29, 1.82) is 0 Å². The zero-order valence-corrected chi connectivity index (χ0v) is 11.8. The first-order valence-electron chi connectivity index (χ1n) is 7.48. The molecule has 19 heavy (non-hydrogen) atoms. The highest BCUT2D eigenvalue weighted by molar-refractivity contribution is 5.69. The predicted octanol–water partition coefficient (Wildman–Crippen LogP) is 4.39. The van der Waals surface area contributed by atoms with Crippen molar-refractivity contribution in [3.63, 3.8) is 0 Å². The van der Waals surface area contributed by atoms with Crippen LogP contribution in [0.5, 0.6) is 0 Å². The quantitative estimate of drug-likeness (QED) is 0.815. The zero-order valence-electron chi connectivity index (χ0n) is 11.8. The highest BCUT2D eigenvalue weighted by atomic mass is 16.4. The Morgan fingerprint density at radius 3 is 2.58 bits per heavy atom. The fourth-order valence-corrected chi connectivity index (χ4v) is 3.03. The number of hydrogen-bond donors (Lipinski definition) is 1. The Balaban J connectivity index is 2.07. The highest BCUT2D eigenvalue weighted by Gasteiger charge is 2.16. The summed E-state index contributed by atoms with van der Waals surface area (Å²) < 4.78 is 0. The van der Waals surface area contributed by atoms with Crippen molar-refractivity contribution in [2.45, 2.75) is 57.8 Å². The van der Waals surface area contributed by atoms with Crippen molar-refractivity contribution >= 4 is 5.97 Å². The zero-order chi connectivity index (χ0) is 13.7. The minimum Gasteiger partial charge on any atom is -0.481 e. The first-order valence-corrected chi connectivity index (χ1v) is 7.48. The van der Waals surface area contributed by atoms with Crippen molar-refractivity contribution in [3.05, 3.63) is 35.4 Å². The van der Waals surface area contributed by atoms with E-state index in [1.54, 1.807) is 6.92 Å². The summed E-state index contributed by atoms with van der Waals surface area (Å²) in [4.78, 5) is 10.9. The van der Waals surface area contributed by atoms with Gasteiger partial charge >= 0.3 is 5.97 Å². The van der Waals surface area contributed by atoms with E-state index in [0.29, 0.717) is 12.3 Å². The summed E-state index contributed by atoms with van der Waals surface area (Å²) in [5.74, 6) is -0.327. The van der Waals surface area contributed by atoms with E-state index >= 15 is 0 Å². The third-order valence-corrected chi connectivity index (χ3v) is 4.24. The van der Waals surface area contributed by atoms with Crippen molar-refractivity contribution in [2.24, 2.45) is 5.92 Å². The molecule has 1 aliphatic rings. The minimum absolute atomic E-state index is 0.301. The van der Waals surface area contributed by atoms with Gasteiger partial charge in [0, 0.05) is 0 Å². The second kappa shape index (κ2) is 6.74. The molecule has 1 aromatic carbocycles. The van der Waals surface area contributed by atoms with E-state index in [-0.39, 0.29) is 5.92 Å². The molecule has 1 saturated carbocycles. The van der Waals surface area contributed by atoms with Crippen molar-refractivity contribution in [1.82, 2.24) is 0 Å². The molecule has 1 aliphatic carbocycles. The van der Waals surface area contributed by atoms with Crippen molar-refractivity contribution in [3.8, 4) is 0 Å². The SMILES string of the molecule is CC(Cc1cccc(C2CCCCCC2)c1)C(=O)O. The number of aliphatic carboxylic acids is 1. The van der Waals surface area contributed by atoms with Gasteiger partial charge in [0.2, 0.25) is 0 Å². The van der Waals surface area contributed by atoms with Crippen LogP contribution in [0.3, 0.4) is 0 Å². The molecule has 0 aromatic heterocycles. The van der Waals surface area contributed by atoms with Gasteiger partial charge in [-0.2, -0.15) is 0 Å². The van der Waals surface area contributed by atoms with E-state index < -0.39 is 5.97 Å². The maximum atomic E-state index is 10.9. The molecule has 1 unspecified atom stereocenters. The first-order chi connectivity index (χ1) is 9.16. The second-order valence-electron chi connectivity index (χ2n) is 5.88. The Kier molecular flexibility index (Phi) is 5.00. The van der Waals surface area contributed by atoms with Gasteiger partial charge in [0.1, 0.15) is 0 Å². The number of rotatable bonds is 4. The van der Waals surface area contributed by atoms with Gasteiger partial charge in [0.15, 0.2) is 0 Å². The van der Waals surface area contributed by atoms with Crippen molar-refractivity contribution in [2.75, 3.05) is 0 Å². The Hall–Kier alpha value is -1.31. The molecule has 0 bridgehead atoms. The number of hydrogen-bond acceptors (Lipinski definition) is 1. The molecule has 0 radical (unpaired) electrons. The van der Waals surface area contributed by atoms with Crippen LogP contribution in [-0.2, 0) is 11.2 Å². The lowest BCUT2D eigenvalue weighted by Gasteiger charge is -2.16. The first kappa shape index (κ1) is 14.1. The largest absolute Gasteiger partial charge is 0.481 e. The van der Waals surface area contributed by atoms with E-state index in [1.807, 2.05) is 0 Å². The number of carboxylic acids is 1. The van der Waals surface area contributed by atoms with Crippen LogP contribution in [-0.4, -0.2) is 11.1 Å². The second-order valence-corrected chi connectivity index (χ2v) is 5.88. The number of carboxylic acid groups (broad SMARTS) is 1. The van der Waals surface area contributed by atoms with Gasteiger partial charge in [-0.25, -0.2) is 0 Å². The maximum absolute atomic E-state index is 10.9. The topological polar surface area (TPSA) is 37.3 Å². The molecule has 0 aliphatic heterocycles. The molecule has 104 valence electrons. The Bertz CT molecular complexity index is 417. The third kappa shape index (κ3) is 4.09. The average molecular weight is 260 g/mol. The molecular formula is C17H24O2. The minimum atomic E-state index is -0.708. The lowest BCUT2D eigenvalue weighted by Crippen LogP contribution is -2.12. The smallest absolute Gasteiger partial charge is 0.306 e. The highest BCUT2D eigenvalue weighted by Crippen LogP contribution is 2.32. The predicted molar refractivity (Wildman–Crippen MR) is 77.4 cm³/mol. The molecule has 1 N–H and O–H groups in total. The standard InChI is InChI=1S/C17H24O2/c1-13(17(18)19)11-14-7-6-10-16(12-14)15-8-4-2-3-5-9-15/h6-7,10,12-13,15H,2-5,8-9,11H2,1H3,(H,18,19). The van der Waals surface area contributed by atoms with Crippen LogP contribution in [0.15, 0.2) is 24.3 Å². The summed E-state index contributed by atoms with van der Waals surface area (Å²) in [6, 6.07) is 8.59. The summed E-state index contributed by atoms with van der Waals surface area (Å²) in [5.41, 5.74) is 2.58. The Labute approximate surface area is 115 Å². The van der Waals surface area contributed by atoms with E-state index in [0.717, 1.165) is 5.56 Å². The molecule has 0 amide bonds. The Morgan fingerprint density at radius 2 is 1.95 bits per heavy atom. The van der Waals surface area contributed by atoms with E-state index in [4.69, 9.17) is 5.11 Å². The van der Waals surface area contributed by atoms with Crippen molar-refractivity contribution < 1.29 is 9.90 Å². The van der Waals surface area contributed by atoms with Gasteiger partial charge in [-0.15, -0.1) is 0 Å². The molecule has 0 heterocycles. The molecule has 1 fully saturated rings. The van der Waals surface area contributed by atoms with E-state index in [9.17, 15) is 4.79 Å². The summed E-state index contributed by atoms with van der Waals surface area (Å²) in [5, 5.41) is 9.00. The van der Waals surface area contributed by atoms with Gasteiger partial charge in [0.05, 0.1) is 5.92 Å². The molecule has 2 nitrogen and oxygen atoms in total. The molecule has 2 heteroatoms. The summed E-state index contributed by atoms with van der Waals surface area (Å²) >= 11 is 0. The van der Waals surface area contributed by atoms with Gasteiger partial charge < -0.3 is 5.11 Å². The average Bonchev–Trinajstić information content (AvgIpc) is 2.67. The van der Waals surface area contributed by atoms with E-state index in [2.05, 4.69) is 24.3 Å². The summed E-state index contributed by atoms with van der Waals surface area (Å²) in [6.07, 6.45) is 8.62.